The first-order valence-corrected chi connectivity index (χ1v) is 6.70. The second kappa shape index (κ2) is 5.88. The number of hydrogen-bond donors (Lipinski definition) is 1. The highest BCUT2D eigenvalue weighted by Crippen LogP contribution is 2.19. The molecule has 1 fully saturated rings. The number of aromatic nitrogens is 2. The Labute approximate surface area is 122 Å². The van der Waals surface area contributed by atoms with Crippen LogP contribution in [0, 0.1) is 0 Å². The molecule has 1 aliphatic heterocycles. The third kappa shape index (κ3) is 3.00. The van der Waals surface area contributed by atoms with Crippen LogP contribution in [0.1, 0.15) is 10.6 Å². The standard InChI is InChI=1S/C15H15N3O3/c19-12-9-18(15(20)14-16-7-4-8-17-14)10-13(12)21-11-5-2-1-3-6-11/h1-8,12-13,19H,9-10H2/t12-,13-/m1/s1. The van der Waals surface area contributed by atoms with E-state index in [9.17, 15) is 9.90 Å². The van der Waals surface area contributed by atoms with E-state index in [0.717, 1.165) is 0 Å². The van der Waals surface area contributed by atoms with Gasteiger partial charge in [0.25, 0.3) is 5.91 Å². The van der Waals surface area contributed by atoms with Crippen LogP contribution in [0.2, 0.25) is 0 Å². The predicted octanol–water partition coefficient (Wildman–Crippen LogP) is 0.741. The molecule has 1 amide bonds. The van der Waals surface area contributed by atoms with Crippen molar-refractivity contribution in [1.29, 1.82) is 0 Å². The number of carbonyl (C=O) groups excluding carboxylic acids is 1. The molecule has 1 saturated heterocycles. The number of benzene rings is 1. The lowest BCUT2D eigenvalue weighted by Gasteiger charge is -2.16. The number of β-amino-alcohol motifs (C(OH)–C–C–N with tert-alkyl or cyclic N) is 1. The molecular weight excluding hydrogens is 270 g/mol. The van der Waals surface area contributed by atoms with Crippen molar-refractivity contribution in [3.05, 3.63) is 54.6 Å². The highest BCUT2D eigenvalue weighted by molar-refractivity contribution is 5.90. The van der Waals surface area contributed by atoms with Gasteiger partial charge in [-0.05, 0) is 18.2 Å². The number of hydrogen-bond acceptors (Lipinski definition) is 5. The minimum atomic E-state index is -0.724. The van der Waals surface area contributed by atoms with Crippen molar-refractivity contribution in [3.63, 3.8) is 0 Å². The van der Waals surface area contributed by atoms with Gasteiger partial charge in [0.05, 0.1) is 13.1 Å². The minimum Gasteiger partial charge on any atom is -0.486 e. The number of likely N-dealkylation sites (tertiary alicyclic amines) is 1. The van der Waals surface area contributed by atoms with E-state index >= 15 is 0 Å². The second-order valence-electron chi connectivity index (χ2n) is 4.82. The number of nitrogens with zero attached hydrogens (tertiary/aromatic N) is 3. The fourth-order valence-corrected chi connectivity index (χ4v) is 2.26. The first-order valence-electron chi connectivity index (χ1n) is 6.70. The molecule has 1 aliphatic rings. The van der Waals surface area contributed by atoms with Crippen molar-refractivity contribution >= 4 is 5.91 Å². The number of aliphatic hydroxyl groups is 1. The molecule has 1 aromatic carbocycles. The lowest BCUT2D eigenvalue weighted by atomic mass is 10.2. The number of ether oxygens (including phenoxy) is 1. The van der Waals surface area contributed by atoms with Crippen LogP contribution >= 0.6 is 0 Å². The quantitative estimate of drug-likeness (QED) is 0.900. The van der Waals surface area contributed by atoms with Crippen molar-refractivity contribution in [1.82, 2.24) is 14.9 Å². The van der Waals surface area contributed by atoms with Gasteiger partial charge in [0.1, 0.15) is 18.0 Å². The molecule has 6 heteroatoms. The van der Waals surface area contributed by atoms with Gasteiger partial charge < -0.3 is 14.7 Å². The molecule has 0 aliphatic carbocycles. The molecule has 2 aromatic rings. The summed E-state index contributed by atoms with van der Waals surface area (Å²) in [7, 11) is 0. The van der Waals surface area contributed by atoms with Crippen molar-refractivity contribution < 1.29 is 14.6 Å². The summed E-state index contributed by atoms with van der Waals surface area (Å²) in [6, 6.07) is 10.9. The molecule has 1 N–H and O–H groups in total. The van der Waals surface area contributed by atoms with Crippen molar-refractivity contribution in [2.75, 3.05) is 13.1 Å². The van der Waals surface area contributed by atoms with Gasteiger partial charge in [-0.15, -0.1) is 0 Å². The highest BCUT2D eigenvalue weighted by Gasteiger charge is 2.36. The Bertz CT molecular complexity index is 606. The van der Waals surface area contributed by atoms with E-state index in [2.05, 4.69) is 9.97 Å². The van der Waals surface area contributed by atoms with Crippen molar-refractivity contribution in [2.24, 2.45) is 0 Å². The van der Waals surface area contributed by atoms with Crippen LogP contribution in [0.4, 0.5) is 0 Å². The molecule has 108 valence electrons. The first-order chi connectivity index (χ1) is 10.2. The maximum absolute atomic E-state index is 12.2. The van der Waals surface area contributed by atoms with Gasteiger partial charge in [-0.3, -0.25) is 4.79 Å². The van der Waals surface area contributed by atoms with Crippen molar-refractivity contribution in [2.45, 2.75) is 12.2 Å². The van der Waals surface area contributed by atoms with Crippen molar-refractivity contribution in [3.8, 4) is 5.75 Å². The van der Waals surface area contributed by atoms with E-state index in [1.165, 1.54) is 17.3 Å². The Morgan fingerprint density at radius 3 is 2.57 bits per heavy atom. The summed E-state index contributed by atoms with van der Waals surface area (Å²) in [6.07, 6.45) is 1.87. The van der Waals surface area contributed by atoms with Crippen LogP contribution in [0.25, 0.3) is 0 Å². The zero-order chi connectivity index (χ0) is 14.7. The van der Waals surface area contributed by atoms with E-state index < -0.39 is 12.2 Å². The Balaban J connectivity index is 1.67. The summed E-state index contributed by atoms with van der Waals surface area (Å²) in [6.45, 7) is 0.530. The molecule has 3 rings (SSSR count). The van der Waals surface area contributed by atoms with Crippen LogP contribution in [-0.4, -0.2) is 51.2 Å². The number of amides is 1. The van der Waals surface area contributed by atoms with E-state index in [0.29, 0.717) is 12.3 Å². The maximum Gasteiger partial charge on any atom is 0.291 e. The number of para-hydroxylation sites is 1. The monoisotopic (exact) mass is 285 g/mol. The van der Waals surface area contributed by atoms with Gasteiger partial charge >= 0.3 is 0 Å². The lowest BCUT2D eigenvalue weighted by molar-refractivity contribution is 0.0727. The largest absolute Gasteiger partial charge is 0.486 e. The Morgan fingerprint density at radius 1 is 1.14 bits per heavy atom. The van der Waals surface area contributed by atoms with Crippen LogP contribution in [-0.2, 0) is 0 Å². The molecule has 6 nitrogen and oxygen atoms in total. The van der Waals surface area contributed by atoms with Crippen LogP contribution in [0.15, 0.2) is 48.8 Å². The average Bonchev–Trinajstić information content (AvgIpc) is 2.89. The van der Waals surface area contributed by atoms with Gasteiger partial charge in [0.15, 0.2) is 0 Å². The third-order valence-corrected chi connectivity index (χ3v) is 3.31. The molecule has 0 unspecified atom stereocenters. The Hall–Kier alpha value is -2.47. The van der Waals surface area contributed by atoms with E-state index in [1.54, 1.807) is 6.07 Å². The summed E-state index contributed by atoms with van der Waals surface area (Å²) in [4.78, 5) is 21.6. The normalized spacial score (nSPS) is 21.3. The molecule has 0 bridgehead atoms. The SMILES string of the molecule is O=C(c1ncccn1)N1C[C@@H](O)[C@H](Oc2ccccc2)C1. The molecule has 0 radical (unpaired) electrons. The fraction of sp³-hybridized carbons (Fsp3) is 0.267. The summed E-state index contributed by atoms with van der Waals surface area (Å²) in [5.41, 5.74) is 0. The Kier molecular flexibility index (Phi) is 3.79. The predicted molar refractivity (Wildman–Crippen MR) is 74.8 cm³/mol. The van der Waals surface area contributed by atoms with Crippen LogP contribution < -0.4 is 4.74 Å². The van der Waals surface area contributed by atoms with Gasteiger partial charge in [-0.2, -0.15) is 0 Å². The number of aliphatic hydroxyl groups excluding tert-OH is 1. The second-order valence-corrected chi connectivity index (χ2v) is 4.82. The summed E-state index contributed by atoms with van der Waals surface area (Å²) < 4.78 is 5.72. The molecule has 0 spiro atoms. The summed E-state index contributed by atoms with van der Waals surface area (Å²) in [5, 5.41) is 10.1. The highest BCUT2D eigenvalue weighted by atomic mass is 16.5. The average molecular weight is 285 g/mol. The fourth-order valence-electron chi connectivity index (χ4n) is 2.26. The first kappa shape index (κ1) is 13.5. The molecule has 2 heterocycles. The molecule has 0 saturated carbocycles. The smallest absolute Gasteiger partial charge is 0.291 e. The van der Waals surface area contributed by atoms with Crippen LogP contribution in [0.5, 0.6) is 5.75 Å². The van der Waals surface area contributed by atoms with Crippen LogP contribution in [0.3, 0.4) is 0 Å². The molecule has 2 atom stereocenters. The molecular formula is C15H15N3O3. The van der Waals surface area contributed by atoms with E-state index in [4.69, 9.17) is 4.74 Å². The van der Waals surface area contributed by atoms with E-state index in [1.807, 2.05) is 30.3 Å². The summed E-state index contributed by atoms with van der Waals surface area (Å²) >= 11 is 0. The van der Waals surface area contributed by atoms with Gasteiger partial charge in [0, 0.05) is 12.4 Å². The number of carbonyl (C=O) groups is 1. The minimum absolute atomic E-state index is 0.130. The van der Waals surface area contributed by atoms with Gasteiger partial charge in [-0.1, -0.05) is 18.2 Å². The maximum atomic E-state index is 12.2. The zero-order valence-electron chi connectivity index (χ0n) is 11.3. The lowest BCUT2D eigenvalue weighted by Crippen LogP contribution is -2.32. The molecule has 21 heavy (non-hydrogen) atoms. The topological polar surface area (TPSA) is 75.6 Å². The third-order valence-electron chi connectivity index (χ3n) is 3.31. The Morgan fingerprint density at radius 2 is 1.86 bits per heavy atom. The van der Waals surface area contributed by atoms with Gasteiger partial charge in [0.2, 0.25) is 5.82 Å². The summed E-state index contributed by atoms with van der Waals surface area (Å²) in [5.74, 6) is 0.505. The number of rotatable bonds is 3. The van der Waals surface area contributed by atoms with E-state index in [-0.39, 0.29) is 18.3 Å². The van der Waals surface area contributed by atoms with Gasteiger partial charge in [-0.25, -0.2) is 9.97 Å². The zero-order valence-corrected chi connectivity index (χ0v) is 11.3. The molecule has 1 aromatic heterocycles.